The van der Waals surface area contributed by atoms with Gasteiger partial charge in [0, 0.05) is 42.9 Å². The van der Waals surface area contributed by atoms with Gasteiger partial charge in [0.05, 0.1) is 31.6 Å². The van der Waals surface area contributed by atoms with Crippen LogP contribution in [0.15, 0.2) is 0 Å². The highest BCUT2D eigenvalue weighted by atomic mass is 17.3. The van der Waals surface area contributed by atoms with Gasteiger partial charge in [0.15, 0.2) is 41.8 Å². The number of amides is 1. The van der Waals surface area contributed by atoms with Crippen LogP contribution in [0.1, 0.15) is 152 Å². The van der Waals surface area contributed by atoms with E-state index in [4.69, 9.17) is 72.0 Å². The van der Waals surface area contributed by atoms with E-state index in [1.165, 1.54) is 0 Å². The summed E-state index contributed by atoms with van der Waals surface area (Å²) in [6, 6.07) is 0. The highest BCUT2D eigenvalue weighted by molar-refractivity contribution is 5.76. The molecule has 0 radical (unpaired) electrons. The summed E-state index contributed by atoms with van der Waals surface area (Å²) >= 11 is 0. The maximum Gasteiger partial charge on any atom is 0.511 e. The van der Waals surface area contributed by atoms with Crippen molar-refractivity contribution in [1.82, 2.24) is 5.32 Å². The van der Waals surface area contributed by atoms with Gasteiger partial charge in [-0.1, -0.05) is 41.5 Å². The number of carbonyl (C=O) groups excluding carboxylic acids is 3. The molecular formula is C53H79NO18. The topological polar surface area (TPSA) is 202 Å². The number of rotatable bonds is 10. The molecule has 0 aromatic heterocycles. The van der Waals surface area contributed by atoms with Crippen LogP contribution in [0, 0.1) is 71.0 Å². The molecule has 3 spiro atoms. The highest BCUT2D eigenvalue weighted by Gasteiger charge is 2.73. The summed E-state index contributed by atoms with van der Waals surface area (Å²) in [6.45, 7) is 18.0. The third-order valence-electron chi connectivity index (χ3n) is 20.9. The maximum absolute atomic E-state index is 14.0. The number of fused-ring (bicyclic) bond motifs is 6. The minimum absolute atomic E-state index is 0.0147. The summed E-state index contributed by atoms with van der Waals surface area (Å²) in [5.41, 5.74) is -2.39. The third kappa shape index (κ3) is 7.95. The minimum atomic E-state index is -1.14. The van der Waals surface area contributed by atoms with Crippen molar-refractivity contribution in [2.45, 2.75) is 230 Å². The van der Waals surface area contributed by atoms with E-state index in [-0.39, 0.29) is 85.2 Å². The fourth-order valence-corrected chi connectivity index (χ4v) is 16.7. The van der Waals surface area contributed by atoms with Gasteiger partial charge in [-0.25, -0.2) is 34.1 Å². The number of ether oxygens (including phenoxy) is 9. The van der Waals surface area contributed by atoms with Crippen LogP contribution < -0.4 is 5.32 Å². The molecule has 15 rings (SSSR count). The average Bonchev–Trinajstić information content (AvgIpc) is 3.82. The van der Waals surface area contributed by atoms with Crippen molar-refractivity contribution in [3.8, 4) is 0 Å². The molecule has 12 aliphatic heterocycles. The Bertz CT molecular complexity index is 2010. The molecular weight excluding hydrogens is 939 g/mol. The Kier molecular flexibility index (Phi) is 12.8. The van der Waals surface area contributed by atoms with Gasteiger partial charge in [-0.15, -0.1) is 0 Å². The van der Waals surface area contributed by atoms with Gasteiger partial charge in [0.1, 0.15) is 6.61 Å². The molecule has 3 aliphatic carbocycles. The zero-order chi connectivity index (χ0) is 50.3. The minimum Gasteiger partial charge on any atom is -0.462 e. The quantitative estimate of drug-likeness (QED) is 0.165. The fourth-order valence-electron chi connectivity index (χ4n) is 16.7. The Morgan fingerprint density at radius 3 is 1.43 bits per heavy atom. The van der Waals surface area contributed by atoms with Gasteiger partial charge in [-0.2, -0.15) is 0 Å². The van der Waals surface area contributed by atoms with Crippen molar-refractivity contribution in [1.29, 1.82) is 0 Å². The van der Waals surface area contributed by atoms with E-state index in [0.29, 0.717) is 37.0 Å². The lowest BCUT2D eigenvalue weighted by atomic mass is 9.57. The largest absolute Gasteiger partial charge is 0.511 e. The number of nitrogens with one attached hydrogen (secondary N) is 1. The SMILES string of the molecule is C[C@@H]1CC[C@H]2[C@@H](C)C(CC(=O)NCC(COC(=O)CC3O[C@@H]4OC5(C)CC[C@H]6[C@H](C)CC[C@@H]([C@H]3C)[C@@]46OO5)OC(=O)OC3O[C@@H]4OC5(C)CC[C@H]6[C@H](C)CC[C@@H]([C@H]3C)[C@@]46OO5)O[C@@H]3OC4(C)CC[C@@H]1[C@]32OO4. The predicted molar refractivity (Wildman–Crippen MR) is 245 cm³/mol. The second-order valence-corrected chi connectivity index (χ2v) is 25.2. The first kappa shape index (κ1) is 50.5. The summed E-state index contributed by atoms with van der Waals surface area (Å²) in [5.74, 6) is -2.65. The number of carbonyl (C=O) groups is 3. The molecule has 15 aliphatic rings. The summed E-state index contributed by atoms with van der Waals surface area (Å²) in [5, 5.41) is 2.96. The van der Waals surface area contributed by atoms with Crippen molar-refractivity contribution in [3.05, 3.63) is 0 Å². The summed E-state index contributed by atoms with van der Waals surface area (Å²) in [7, 11) is 0. The molecule has 25 atom stereocenters. The van der Waals surface area contributed by atoms with Gasteiger partial charge in [0.25, 0.3) is 0 Å². The van der Waals surface area contributed by atoms with Gasteiger partial charge in [-0.05, 0) is 126 Å². The van der Waals surface area contributed by atoms with E-state index in [0.717, 1.165) is 57.8 Å². The molecule has 0 aromatic carbocycles. The molecule has 72 heavy (non-hydrogen) atoms. The van der Waals surface area contributed by atoms with Crippen LogP contribution >= 0.6 is 0 Å². The number of hydrogen-bond acceptors (Lipinski definition) is 18. The van der Waals surface area contributed by atoms with E-state index in [9.17, 15) is 14.4 Å². The van der Waals surface area contributed by atoms with Crippen molar-refractivity contribution in [2.75, 3.05) is 13.2 Å². The van der Waals surface area contributed by atoms with Crippen molar-refractivity contribution >= 4 is 18.0 Å². The van der Waals surface area contributed by atoms with Crippen LogP contribution in [-0.2, 0) is 81.5 Å². The molecule has 3 saturated carbocycles. The second-order valence-electron chi connectivity index (χ2n) is 25.2. The maximum atomic E-state index is 14.0. The Hall–Kier alpha value is -2.27. The van der Waals surface area contributed by atoms with Gasteiger partial charge < -0.3 is 47.9 Å². The van der Waals surface area contributed by atoms with Crippen LogP contribution in [-0.4, -0.2) is 109 Å². The van der Waals surface area contributed by atoms with E-state index in [2.05, 4.69) is 39.9 Å². The van der Waals surface area contributed by atoms with E-state index in [1.807, 2.05) is 27.7 Å². The summed E-state index contributed by atoms with van der Waals surface area (Å²) in [4.78, 5) is 78.9. The number of esters is 1. The van der Waals surface area contributed by atoms with Crippen LogP contribution in [0.5, 0.6) is 0 Å². The van der Waals surface area contributed by atoms with Crippen molar-refractivity contribution in [2.24, 2.45) is 71.0 Å². The Labute approximate surface area is 422 Å². The first-order chi connectivity index (χ1) is 34.3. The van der Waals surface area contributed by atoms with Gasteiger partial charge >= 0.3 is 12.1 Å². The van der Waals surface area contributed by atoms with E-state index >= 15 is 0 Å². The van der Waals surface area contributed by atoms with Crippen LogP contribution in [0.4, 0.5) is 4.79 Å². The fraction of sp³-hybridized carbons (Fsp3) is 0.943. The van der Waals surface area contributed by atoms with E-state index in [1.54, 1.807) is 0 Å². The highest BCUT2D eigenvalue weighted by Crippen LogP contribution is 2.64. The molecule has 12 heterocycles. The molecule has 6 bridgehead atoms. The van der Waals surface area contributed by atoms with Crippen molar-refractivity contribution < 1.29 is 86.3 Å². The molecule has 7 unspecified atom stereocenters. The van der Waals surface area contributed by atoms with Gasteiger partial charge in [0.2, 0.25) is 29.6 Å². The van der Waals surface area contributed by atoms with Crippen LogP contribution in [0.3, 0.4) is 0 Å². The van der Waals surface area contributed by atoms with Crippen molar-refractivity contribution in [3.63, 3.8) is 0 Å². The van der Waals surface area contributed by atoms with E-state index < -0.39 is 89.8 Å². The van der Waals surface area contributed by atoms with Crippen LogP contribution in [0.2, 0.25) is 0 Å². The first-order valence-electron chi connectivity index (χ1n) is 27.7. The Morgan fingerprint density at radius 2 is 0.958 bits per heavy atom. The van der Waals surface area contributed by atoms with Gasteiger partial charge in [-0.3, -0.25) is 9.59 Å². The molecule has 404 valence electrons. The Balaban J connectivity index is 0.732. The predicted octanol–water partition coefficient (Wildman–Crippen LogP) is 7.66. The third-order valence-corrected chi connectivity index (χ3v) is 20.9. The zero-order valence-electron chi connectivity index (χ0n) is 43.6. The lowest BCUT2D eigenvalue weighted by molar-refractivity contribution is -0.576. The summed E-state index contributed by atoms with van der Waals surface area (Å²) in [6.07, 6.45) is 3.67. The molecule has 12 saturated heterocycles. The standard InChI is InChI=1S/C53H79NO18/c1-26-10-13-36-29(4)39(60-44-51(36)33(26)16-19-48(7,64-44)67-70-51)22-41(55)54-24-32(59-47(57)63-43-31(6)38-15-12-28(3)35-18-21-50(9)66-46(62-43)53(35,38)72-69-50)25-58-42(56)23-40-30(5)37-14-11-27(2)34-17-20-49(8)65-45(61-40)52(34,37)71-68-49/h26-40,43-46H,10-25H2,1-9H3,(H,54,55)/t26-,27-,28-,29-,30-,31-,32?,33+,34+,35+,36+,37+,38+,39?,40?,43?,44-,45-,46-,48?,49?,50?,51-,52-,53-/m1/s1. The molecule has 0 aromatic rings. The molecule has 1 amide bonds. The molecule has 19 nitrogen and oxygen atoms in total. The molecule has 15 fully saturated rings. The monoisotopic (exact) mass is 1020 g/mol. The number of hydrogen-bond donors (Lipinski definition) is 1. The first-order valence-corrected chi connectivity index (χ1v) is 27.7. The summed E-state index contributed by atoms with van der Waals surface area (Å²) < 4.78 is 57.4. The smallest absolute Gasteiger partial charge is 0.462 e. The molecule has 19 heteroatoms. The lowest BCUT2D eigenvalue weighted by Gasteiger charge is -2.60. The average molecular weight is 1020 g/mol. The molecule has 1 N–H and O–H groups in total. The Morgan fingerprint density at radius 1 is 0.528 bits per heavy atom. The lowest BCUT2D eigenvalue weighted by Crippen LogP contribution is -2.70. The zero-order valence-corrected chi connectivity index (χ0v) is 43.6. The normalized spacial score (nSPS) is 54.1. The van der Waals surface area contributed by atoms with Crippen LogP contribution in [0.25, 0.3) is 0 Å². The second kappa shape index (κ2) is 18.2.